The van der Waals surface area contributed by atoms with Crippen molar-refractivity contribution in [2.24, 2.45) is 5.73 Å². The van der Waals surface area contributed by atoms with Crippen molar-refractivity contribution in [1.29, 1.82) is 0 Å². The second kappa shape index (κ2) is 4.68. The molecule has 4 aromatic rings. The number of imidazole rings is 1. The molecule has 102 valence electrons. The molecule has 0 amide bonds. The number of nitrogens with two attached hydrogens (primary N) is 1. The fourth-order valence-electron chi connectivity index (χ4n) is 2.61. The fourth-order valence-corrected chi connectivity index (χ4v) is 2.61. The van der Waals surface area contributed by atoms with Crippen molar-refractivity contribution in [2.45, 2.75) is 6.54 Å². The topological polar surface area (TPSA) is 67.6 Å². The van der Waals surface area contributed by atoms with E-state index >= 15 is 0 Å². The van der Waals surface area contributed by atoms with E-state index in [-0.39, 0.29) is 0 Å². The van der Waals surface area contributed by atoms with Gasteiger partial charge in [0.25, 0.3) is 0 Å². The summed E-state index contributed by atoms with van der Waals surface area (Å²) in [5.74, 6) is 0.837. The molecule has 4 heteroatoms. The van der Waals surface area contributed by atoms with Crippen LogP contribution in [0.3, 0.4) is 0 Å². The Morgan fingerprint density at radius 3 is 2.86 bits per heavy atom. The van der Waals surface area contributed by atoms with Gasteiger partial charge in [-0.1, -0.05) is 24.3 Å². The van der Waals surface area contributed by atoms with Crippen LogP contribution in [0.1, 0.15) is 5.56 Å². The largest absolute Gasteiger partial charge is 0.338 e. The SMILES string of the molecule is NCc1ccc2nc(-c3cccc4cccnc34)[nH]c2c1. The van der Waals surface area contributed by atoms with Crippen molar-refractivity contribution >= 4 is 21.9 Å². The first-order valence-electron chi connectivity index (χ1n) is 6.88. The Hall–Kier alpha value is -2.72. The van der Waals surface area contributed by atoms with Gasteiger partial charge in [0.2, 0.25) is 0 Å². The van der Waals surface area contributed by atoms with E-state index in [0.29, 0.717) is 6.54 Å². The molecule has 0 unspecified atom stereocenters. The van der Waals surface area contributed by atoms with Crippen molar-refractivity contribution in [3.05, 3.63) is 60.3 Å². The number of hydrogen-bond acceptors (Lipinski definition) is 3. The molecule has 2 aromatic heterocycles. The van der Waals surface area contributed by atoms with Crippen LogP contribution >= 0.6 is 0 Å². The third-order valence-electron chi connectivity index (χ3n) is 3.67. The molecule has 4 rings (SSSR count). The summed E-state index contributed by atoms with van der Waals surface area (Å²) in [6.45, 7) is 0.528. The maximum absolute atomic E-state index is 5.69. The maximum Gasteiger partial charge on any atom is 0.140 e. The number of pyridine rings is 1. The molecule has 0 radical (unpaired) electrons. The van der Waals surface area contributed by atoms with E-state index in [1.165, 1.54) is 0 Å². The first kappa shape index (κ1) is 12.1. The molecule has 0 aliphatic carbocycles. The number of aromatic amines is 1. The number of nitrogens with one attached hydrogen (secondary N) is 1. The molecule has 0 saturated heterocycles. The zero-order chi connectivity index (χ0) is 14.2. The normalized spacial score (nSPS) is 11.3. The number of nitrogens with zero attached hydrogens (tertiary/aromatic N) is 2. The van der Waals surface area contributed by atoms with Gasteiger partial charge in [0, 0.05) is 23.7 Å². The molecule has 0 atom stereocenters. The lowest BCUT2D eigenvalue weighted by Crippen LogP contribution is -1.95. The summed E-state index contributed by atoms with van der Waals surface area (Å²) in [6, 6.07) is 16.2. The fraction of sp³-hybridized carbons (Fsp3) is 0.0588. The lowest BCUT2D eigenvalue weighted by molar-refractivity contribution is 1.07. The van der Waals surface area contributed by atoms with Crippen LogP contribution in [0.4, 0.5) is 0 Å². The molecule has 3 N–H and O–H groups in total. The summed E-state index contributed by atoms with van der Waals surface area (Å²) in [6.07, 6.45) is 1.81. The second-order valence-electron chi connectivity index (χ2n) is 5.02. The molecule has 0 spiro atoms. The highest BCUT2D eigenvalue weighted by atomic mass is 14.9. The lowest BCUT2D eigenvalue weighted by Gasteiger charge is -2.02. The van der Waals surface area contributed by atoms with Crippen molar-refractivity contribution in [2.75, 3.05) is 0 Å². The molecule has 0 aliphatic rings. The Morgan fingerprint density at radius 1 is 1.05 bits per heavy atom. The first-order valence-corrected chi connectivity index (χ1v) is 6.88. The average molecular weight is 274 g/mol. The summed E-state index contributed by atoms with van der Waals surface area (Å²) in [7, 11) is 0. The molecule has 21 heavy (non-hydrogen) atoms. The van der Waals surface area contributed by atoms with Crippen molar-refractivity contribution in [1.82, 2.24) is 15.0 Å². The van der Waals surface area contributed by atoms with Gasteiger partial charge >= 0.3 is 0 Å². The standard InChI is InChI=1S/C17H14N4/c18-10-11-6-7-14-15(9-11)21-17(20-14)13-5-1-3-12-4-2-8-19-16(12)13/h1-9H,10,18H2,(H,20,21). The van der Waals surface area contributed by atoms with E-state index in [1.807, 2.05) is 36.4 Å². The van der Waals surface area contributed by atoms with E-state index in [2.05, 4.69) is 27.1 Å². The zero-order valence-corrected chi connectivity index (χ0v) is 11.4. The van der Waals surface area contributed by atoms with Gasteiger partial charge < -0.3 is 10.7 Å². The Kier molecular flexibility index (Phi) is 2.69. The number of rotatable bonds is 2. The number of aromatic nitrogens is 3. The van der Waals surface area contributed by atoms with Crippen LogP contribution in [0.2, 0.25) is 0 Å². The van der Waals surface area contributed by atoms with Gasteiger partial charge in [0.15, 0.2) is 0 Å². The van der Waals surface area contributed by atoms with Crippen LogP contribution in [0.15, 0.2) is 54.7 Å². The van der Waals surface area contributed by atoms with Gasteiger partial charge in [-0.3, -0.25) is 4.98 Å². The van der Waals surface area contributed by atoms with E-state index < -0.39 is 0 Å². The summed E-state index contributed by atoms with van der Waals surface area (Å²) >= 11 is 0. The molecule has 2 heterocycles. The van der Waals surface area contributed by atoms with Gasteiger partial charge in [0.05, 0.1) is 16.6 Å². The van der Waals surface area contributed by atoms with E-state index in [9.17, 15) is 0 Å². The minimum absolute atomic E-state index is 0.528. The van der Waals surface area contributed by atoms with E-state index in [4.69, 9.17) is 5.73 Å². The predicted octanol–water partition coefficient (Wildman–Crippen LogP) is 3.24. The number of hydrogen-bond donors (Lipinski definition) is 2. The molecule has 0 aliphatic heterocycles. The van der Waals surface area contributed by atoms with E-state index in [0.717, 1.165) is 38.9 Å². The van der Waals surface area contributed by atoms with Crippen molar-refractivity contribution in [3.8, 4) is 11.4 Å². The molecule has 2 aromatic carbocycles. The monoisotopic (exact) mass is 274 g/mol. The summed E-state index contributed by atoms with van der Waals surface area (Å²) in [5.41, 5.74) is 10.7. The lowest BCUT2D eigenvalue weighted by atomic mass is 10.1. The van der Waals surface area contributed by atoms with Crippen LogP contribution in [-0.2, 0) is 6.54 Å². The minimum Gasteiger partial charge on any atom is -0.338 e. The van der Waals surface area contributed by atoms with Gasteiger partial charge in [-0.25, -0.2) is 4.98 Å². The highest BCUT2D eigenvalue weighted by Gasteiger charge is 2.09. The Balaban J connectivity index is 1.96. The number of fused-ring (bicyclic) bond motifs is 2. The van der Waals surface area contributed by atoms with Crippen LogP contribution < -0.4 is 5.73 Å². The summed E-state index contributed by atoms with van der Waals surface area (Å²) in [4.78, 5) is 12.5. The number of para-hydroxylation sites is 1. The Morgan fingerprint density at radius 2 is 1.95 bits per heavy atom. The number of H-pyrrole nitrogens is 1. The smallest absolute Gasteiger partial charge is 0.140 e. The van der Waals surface area contributed by atoms with Crippen LogP contribution in [0.5, 0.6) is 0 Å². The average Bonchev–Trinajstić information content (AvgIpc) is 2.97. The summed E-state index contributed by atoms with van der Waals surface area (Å²) < 4.78 is 0. The minimum atomic E-state index is 0.528. The molecule has 0 bridgehead atoms. The zero-order valence-electron chi connectivity index (χ0n) is 11.4. The number of benzene rings is 2. The van der Waals surface area contributed by atoms with Crippen molar-refractivity contribution < 1.29 is 0 Å². The Bertz CT molecular complexity index is 934. The van der Waals surface area contributed by atoms with E-state index in [1.54, 1.807) is 6.20 Å². The quantitative estimate of drug-likeness (QED) is 0.589. The second-order valence-corrected chi connectivity index (χ2v) is 5.02. The molecule has 0 fully saturated rings. The first-order chi connectivity index (χ1) is 10.3. The molecular weight excluding hydrogens is 260 g/mol. The van der Waals surface area contributed by atoms with Gasteiger partial charge in [-0.05, 0) is 29.8 Å². The molecule has 0 saturated carbocycles. The highest BCUT2D eigenvalue weighted by molar-refractivity contribution is 5.93. The van der Waals surface area contributed by atoms with Gasteiger partial charge in [0.1, 0.15) is 5.82 Å². The highest BCUT2D eigenvalue weighted by Crippen LogP contribution is 2.27. The van der Waals surface area contributed by atoms with Crippen LogP contribution in [0.25, 0.3) is 33.3 Å². The van der Waals surface area contributed by atoms with Crippen molar-refractivity contribution in [3.63, 3.8) is 0 Å². The molecule has 4 nitrogen and oxygen atoms in total. The van der Waals surface area contributed by atoms with Crippen LogP contribution in [-0.4, -0.2) is 15.0 Å². The maximum atomic E-state index is 5.69. The van der Waals surface area contributed by atoms with Gasteiger partial charge in [-0.15, -0.1) is 0 Å². The third kappa shape index (κ3) is 1.97. The predicted molar refractivity (Wildman–Crippen MR) is 84.7 cm³/mol. The van der Waals surface area contributed by atoms with Gasteiger partial charge in [-0.2, -0.15) is 0 Å². The third-order valence-corrected chi connectivity index (χ3v) is 3.67. The summed E-state index contributed by atoms with van der Waals surface area (Å²) in [5, 5.41) is 1.11. The Labute approximate surface area is 121 Å². The molecular formula is C17H14N4. The van der Waals surface area contributed by atoms with Crippen LogP contribution in [0, 0.1) is 0 Å².